The van der Waals surface area contributed by atoms with E-state index in [-0.39, 0.29) is 6.03 Å². The van der Waals surface area contributed by atoms with Gasteiger partial charge in [0.05, 0.1) is 0 Å². The maximum absolute atomic E-state index is 11.7. The highest BCUT2D eigenvalue weighted by Crippen LogP contribution is 2.42. The van der Waals surface area contributed by atoms with Gasteiger partial charge < -0.3 is 4.90 Å². The number of aromatic nitrogens is 2. The molecule has 1 aromatic heterocycles. The minimum absolute atomic E-state index is 0.0356. The van der Waals surface area contributed by atoms with Crippen LogP contribution in [0.3, 0.4) is 0 Å². The maximum Gasteiger partial charge on any atom is 0.326 e. The molecule has 0 unspecified atom stereocenters. The van der Waals surface area contributed by atoms with Crippen LogP contribution < -0.4 is 4.90 Å². The molecule has 0 spiro atoms. The number of carbonyl (C=O) groups excluding carboxylic acids is 1. The van der Waals surface area contributed by atoms with E-state index >= 15 is 0 Å². The third kappa shape index (κ3) is 1.49. The van der Waals surface area contributed by atoms with E-state index in [1.165, 1.54) is 12.8 Å². The van der Waals surface area contributed by atoms with Crippen molar-refractivity contribution in [2.24, 2.45) is 0 Å². The Morgan fingerprint density at radius 2 is 2.13 bits per heavy atom. The summed E-state index contributed by atoms with van der Waals surface area (Å²) in [7, 11) is 1.81. The molecule has 1 saturated carbocycles. The molecule has 1 saturated heterocycles. The van der Waals surface area contributed by atoms with Gasteiger partial charge in [0, 0.05) is 26.1 Å². The lowest BCUT2D eigenvalue weighted by atomic mass is 10.5. The van der Waals surface area contributed by atoms with Crippen LogP contribution in [0.1, 0.15) is 23.8 Å². The van der Waals surface area contributed by atoms with Crippen LogP contribution in [0.4, 0.5) is 9.93 Å². The van der Waals surface area contributed by atoms with Crippen LogP contribution in [-0.2, 0) is 0 Å². The fourth-order valence-corrected chi connectivity index (χ4v) is 2.69. The van der Waals surface area contributed by atoms with E-state index in [0.29, 0.717) is 5.92 Å². The fourth-order valence-electron chi connectivity index (χ4n) is 1.66. The minimum Gasteiger partial charge on any atom is -0.326 e. The molecular weight excluding hydrogens is 212 g/mol. The summed E-state index contributed by atoms with van der Waals surface area (Å²) < 4.78 is 0. The van der Waals surface area contributed by atoms with E-state index in [1.54, 1.807) is 21.1 Å². The molecule has 1 aromatic rings. The van der Waals surface area contributed by atoms with Crippen molar-refractivity contribution >= 4 is 22.5 Å². The lowest BCUT2D eigenvalue weighted by molar-refractivity contribution is 0.229. The van der Waals surface area contributed by atoms with E-state index in [9.17, 15) is 4.79 Å². The van der Waals surface area contributed by atoms with Crippen molar-refractivity contribution in [3.05, 3.63) is 5.01 Å². The zero-order valence-corrected chi connectivity index (χ0v) is 9.33. The molecule has 80 valence electrons. The van der Waals surface area contributed by atoms with E-state index in [2.05, 4.69) is 10.2 Å². The molecule has 1 aliphatic heterocycles. The SMILES string of the molecule is CN1CCN(c2nnc(C3CC3)s2)C1=O. The van der Waals surface area contributed by atoms with Gasteiger partial charge in [0.2, 0.25) is 5.13 Å². The van der Waals surface area contributed by atoms with E-state index in [0.717, 1.165) is 23.2 Å². The molecule has 2 amide bonds. The first-order valence-electron chi connectivity index (χ1n) is 5.12. The molecule has 0 N–H and O–H groups in total. The number of likely N-dealkylation sites (N-methyl/N-ethyl adjacent to an activating group) is 1. The Kier molecular flexibility index (Phi) is 1.92. The van der Waals surface area contributed by atoms with E-state index < -0.39 is 0 Å². The van der Waals surface area contributed by atoms with Crippen molar-refractivity contribution in [2.75, 3.05) is 25.0 Å². The molecule has 0 aromatic carbocycles. The molecule has 0 bridgehead atoms. The average molecular weight is 224 g/mol. The summed E-state index contributed by atoms with van der Waals surface area (Å²) in [5.41, 5.74) is 0. The molecule has 3 rings (SSSR count). The minimum atomic E-state index is 0.0356. The number of hydrogen-bond donors (Lipinski definition) is 0. The lowest BCUT2D eigenvalue weighted by Gasteiger charge is -2.10. The maximum atomic E-state index is 11.7. The van der Waals surface area contributed by atoms with Crippen LogP contribution >= 0.6 is 11.3 Å². The Bertz CT molecular complexity index is 401. The van der Waals surface area contributed by atoms with E-state index in [1.807, 2.05) is 7.05 Å². The van der Waals surface area contributed by atoms with Crippen LogP contribution in [0.2, 0.25) is 0 Å². The highest BCUT2D eigenvalue weighted by Gasteiger charge is 2.32. The van der Waals surface area contributed by atoms with Gasteiger partial charge in [-0.15, -0.1) is 10.2 Å². The molecule has 2 fully saturated rings. The topological polar surface area (TPSA) is 49.3 Å². The number of anilines is 1. The molecule has 6 heteroatoms. The highest BCUT2D eigenvalue weighted by atomic mass is 32.1. The number of urea groups is 1. The summed E-state index contributed by atoms with van der Waals surface area (Å²) in [5, 5.41) is 10.1. The smallest absolute Gasteiger partial charge is 0.326 e. The Labute approximate surface area is 91.7 Å². The summed E-state index contributed by atoms with van der Waals surface area (Å²) >= 11 is 1.56. The van der Waals surface area contributed by atoms with Crippen molar-refractivity contribution in [2.45, 2.75) is 18.8 Å². The second-order valence-electron chi connectivity index (χ2n) is 4.05. The molecule has 15 heavy (non-hydrogen) atoms. The monoisotopic (exact) mass is 224 g/mol. The molecule has 5 nitrogen and oxygen atoms in total. The van der Waals surface area contributed by atoms with Gasteiger partial charge in [-0.05, 0) is 12.8 Å². The molecular formula is C9H12N4OS. The average Bonchev–Trinajstić information content (AvgIpc) is 2.89. The van der Waals surface area contributed by atoms with Gasteiger partial charge >= 0.3 is 6.03 Å². The predicted octanol–water partition coefficient (Wildman–Crippen LogP) is 1.29. The van der Waals surface area contributed by atoms with Gasteiger partial charge in [-0.3, -0.25) is 4.90 Å². The zero-order chi connectivity index (χ0) is 10.4. The third-order valence-corrected chi connectivity index (χ3v) is 3.91. The number of hydrogen-bond acceptors (Lipinski definition) is 4. The van der Waals surface area contributed by atoms with Gasteiger partial charge in [-0.25, -0.2) is 4.79 Å². The first-order chi connectivity index (χ1) is 7.25. The fraction of sp³-hybridized carbons (Fsp3) is 0.667. The van der Waals surface area contributed by atoms with Crippen molar-refractivity contribution in [1.29, 1.82) is 0 Å². The normalized spacial score (nSPS) is 21.5. The molecule has 2 aliphatic rings. The Balaban J connectivity index is 1.83. The quantitative estimate of drug-likeness (QED) is 0.760. The first-order valence-corrected chi connectivity index (χ1v) is 5.93. The molecule has 0 radical (unpaired) electrons. The Hall–Kier alpha value is -1.17. The summed E-state index contributed by atoms with van der Waals surface area (Å²) in [5.74, 6) is 0.617. The Morgan fingerprint density at radius 3 is 2.73 bits per heavy atom. The summed E-state index contributed by atoms with van der Waals surface area (Å²) in [4.78, 5) is 15.1. The molecule has 1 aliphatic carbocycles. The van der Waals surface area contributed by atoms with Crippen LogP contribution in [0.5, 0.6) is 0 Å². The van der Waals surface area contributed by atoms with Crippen LogP contribution in [0.25, 0.3) is 0 Å². The molecule has 0 atom stereocenters. The van der Waals surface area contributed by atoms with Crippen molar-refractivity contribution in [3.63, 3.8) is 0 Å². The second-order valence-corrected chi connectivity index (χ2v) is 5.04. The predicted molar refractivity (Wildman–Crippen MR) is 57.3 cm³/mol. The zero-order valence-electron chi connectivity index (χ0n) is 8.51. The van der Waals surface area contributed by atoms with Gasteiger partial charge in [0.15, 0.2) is 0 Å². The van der Waals surface area contributed by atoms with Crippen molar-refractivity contribution in [3.8, 4) is 0 Å². The molecule has 2 heterocycles. The third-order valence-electron chi connectivity index (χ3n) is 2.80. The highest BCUT2D eigenvalue weighted by molar-refractivity contribution is 7.15. The van der Waals surface area contributed by atoms with Crippen LogP contribution in [0.15, 0.2) is 0 Å². The standard InChI is InChI=1S/C9H12N4OS/c1-12-4-5-13(9(12)14)8-11-10-7(15-8)6-2-3-6/h6H,2-5H2,1H3. The largest absolute Gasteiger partial charge is 0.326 e. The number of nitrogens with zero attached hydrogens (tertiary/aromatic N) is 4. The summed E-state index contributed by atoms with van der Waals surface area (Å²) in [6.07, 6.45) is 2.45. The summed E-state index contributed by atoms with van der Waals surface area (Å²) in [6, 6.07) is 0.0356. The van der Waals surface area contributed by atoms with Crippen LogP contribution in [0, 0.1) is 0 Å². The Morgan fingerprint density at radius 1 is 1.33 bits per heavy atom. The van der Waals surface area contributed by atoms with Crippen LogP contribution in [-0.4, -0.2) is 41.3 Å². The second kappa shape index (κ2) is 3.16. The van der Waals surface area contributed by atoms with E-state index in [4.69, 9.17) is 0 Å². The lowest BCUT2D eigenvalue weighted by Crippen LogP contribution is -2.29. The number of amides is 2. The van der Waals surface area contributed by atoms with Gasteiger partial charge in [0.25, 0.3) is 0 Å². The van der Waals surface area contributed by atoms with Gasteiger partial charge in [0.1, 0.15) is 5.01 Å². The number of carbonyl (C=O) groups is 1. The van der Waals surface area contributed by atoms with Crippen molar-refractivity contribution < 1.29 is 4.79 Å². The first kappa shape index (κ1) is 9.08. The number of rotatable bonds is 2. The summed E-state index contributed by atoms with van der Waals surface area (Å²) in [6.45, 7) is 1.51. The van der Waals surface area contributed by atoms with Crippen molar-refractivity contribution in [1.82, 2.24) is 15.1 Å². The van der Waals surface area contributed by atoms with Gasteiger partial charge in [-0.1, -0.05) is 11.3 Å². The van der Waals surface area contributed by atoms with Gasteiger partial charge in [-0.2, -0.15) is 0 Å².